The van der Waals surface area contributed by atoms with Crippen LogP contribution in [0, 0.1) is 16.0 Å². The highest BCUT2D eigenvalue weighted by atomic mass is 16.9. The van der Waals surface area contributed by atoms with Crippen molar-refractivity contribution in [2.45, 2.75) is 25.7 Å². The normalized spacial score (nSPS) is 12.6. The quantitative estimate of drug-likeness (QED) is 0.436. The lowest BCUT2D eigenvalue weighted by molar-refractivity contribution is -0.757. The lowest BCUT2D eigenvalue weighted by Crippen LogP contribution is -2.47. The molecule has 0 heterocycles. The zero-order valence-electron chi connectivity index (χ0n) is 16.7. The van der Waals surface area contributed by atoms with Crippen molar-refractivity contribution in [1.29, 1.82) is 0 Å². The van der Waals surface area contributed by atoms with Crippen molar-refractivity contribution >= 4 is 5.78 Å². The van der Waals surface area contributed by atoms with Crippen LogP contribution in [0.4, 0.5) is 0 Å². The van der Waals surface area contributed by atoms with E-state index in [9.17, 15) is 14.9 Å². The van der Waals surface area contributed by atoms with E-state index < -0.39 is 10.5 Å². The summed E-state index contributed by atoms with van der Waals surface area (Å²) in [6.45, 7) is 4.96. The van der Waals surface area contributed by atoms with Crippen molar-refractivity contribution < 1.29 is 14.7 Å². The molecule has 2 aromatic carbocycles. The highest BCUT2D eigenvalue weighted by molar-refractivity contribution is 5.94. The Morgan fingerprint density at radius 3 is 2.04 bits per heavy atom. The second kappa shape index (κ2) is 9.99. The first-order valence-corrected chi connectivity index (χ1v) is 9.53. The molecule has 28 heavy (non-hydrogen) atoms. The molecule has 150 valence electrons. The smallest absolute Gasteiger partial charge is 0.294 e. The Morgan fingerprint density at radius 2 is 1.61 bits per heavy atom. The van der Waals surface area contributed by atoms with E-state index in [4.69, 9.17) is 0 Å². The zero-order chi connectivity index (χ0) is 20.6. The first-order chi connectivity index (χ1) is 13.4. The van der Waals surface area contributed by atoms with E-state index in [-0.39, 0.29) is 18.3 Å². The minimum atomic E-state index is -0.782. The van der Waals surface area contributed by atoms with Crippen LogP contribution in [0.2, 0.25) is 0 Å². The molecule has 0 fully saturated rings. The first-order valence-electron chi connectivity index (χ1n) is 9.53. The van der Waals surface area contributed by atoms with Gasteiger partial charge >= 0.3 is 0 Å². The molecule has 0 amide bonds. The molecule has 0 aliphatic rings. The van der Waals surface area contributed by atoms with Gasteiger partial charge in [-0.3, -0.25) is 4.79 Å². The monoisotopic (exact) mass is 384 g/mol. The molecular formula is C22H28N2O4. The summed E-state index contributed by atoms with van der Waals surface area (Å²) in [5.74, 6) is 0.109. The predicted molar refractivity (Wildman–Crippen MR) is 109 cm³/mol. The summed E-state index contributed by atoms with van der Waals surface area (Å²) in [6.07, 6.45) is 0.419. The van der Waals surface area contributed by atoms with Gasteiger partial charge in [0, 0.05) is 19.5 Å². The third kappa shape index (κ3) is 4.75. The molecule has 0 saturated heterocycles. The zero-order valence-corrected chi connectivity index (χ0v) is 16.7. The minimum absolute atomic E-state index is 0.00161. The van der Waals surface area contributed by atoms with Gasteiger partial charge < -0.3 is 9.74 Å². The number of benzene rings is 2. The van der Waals surface area contributed by atoms with Crippen LogP contribution in [0.25, 0.3) is 0 Å². The number of carbonyl (C=O) groups is 1. The van der Waals surface area contributed by atoms with Crippen molar-refractivity contribution in [1.82, 2.24) is 4.90 Å². The highest BCUT2D eigenvalue weighted by Gasteiger charge is 2.45. The summed E-state index contributed by atoms with van der Waals surface area (Å²) in [5.41, 5.74) is 1.15. The SMILES string of the molecule is CCC(=O)C(c1ccccc1)(c1ccccc1)[C@H](C)CN(C)CCO[N+](=O)[O-]. The second-order valence-corrected chi connectivity index (χ2v) is 7.04. The van der Waals surface area contributed by atoms with Crippen molar-refractivity contribution in [2.75, 3.05) is 26.7 Å². The molecular weight excluding hydrogens is 356 g/mol. The third-order valence-electron chi connectivity index (χ3n) is 5.21. The topological polar surface area (TPSA) is 72.7 Å². The van der Waals surface area contributed by atoms with Gasteiger partial charge in [0.2, 0.25) is 0 Å². The van der Waals surface area contributed by atoms with E-state index in [1.54, 1.807) is 0 Å². The molecule has 6 nitrogen and oxygen atoms in total. The molecule has 0 N–H and O–H groups in total. The van der Waals surface area contributed by atoms with Gasteiger partial charge in [-0.25, -0.2) is 0 Å². The Bertz CT molecular complexity index is 725. The molecule has 0 spiro atoms. The molecule has 1 atom stereocenters. The van der Waals surface area contributed by atoms with Crippen molar-refractivity contribution in [2.24, 2.45) is 5.92 Å². The van der Waals surface area contributed by atoms with Gasteiger partial charge in [0.1, 0.15) is 12.4 Å². The van der Waals surface area contributed by atoms with Crippen molar-refractivity contribution in [3.05, 3.63) is 81.9 Å². The summed E-state index contributed by atoms with van der Waals surface area (Å²) in [7, 11) is 1.89. The summed E-state index contributed by atoms with van der Waals surface area (Å²) >= 11 is 0. The van der Waals surface area contributed by atoms with E-state index in [2.05, 4.69) is 11.8 Å². The van der Waals surface area contributed by atoms with Crippen LogP contribution in [0.3, 0.4) is 0 Å². The number of hydrogen-bond donors (Lipinski definition) is 0. The maximum Gasteiger partial charge on any atom is 0.294 e. The summed E-state index contributed by atoms with van der Waals surface area (Å²) in [6, 6.07) is 19.7. The molecule has 2 rings (SSSR count). The van der Waals surface area contributed by atoms with Gasteiger partial charge in [-0.2, -0.15) is 0 Å². The fraction of sp³-hybridized carbons (Fsp3) is 0.409. The number of nitrogens with zero attached hydrogens (tertiary/aromatic N) is 2. The number of carbonyl (C=O) groups excluding carboxylic acids is 1. The standard InChI is InChI=1S/C22H28N2O4/c1-4-21(25)22(19-11-7-5-8-12-19,20-13-9-6-10-14-20)18(2)17-23(3)15-16-28-24(26)27/h5-14,18H,4,15-17H2,1-3H3/t18-/m1/s1. The van der Waals surface area contributed by atoms with Crippen LogP contribution < -0.4 is 0 Å². The molecule has 0 radical (unpaired) electrons. The van der Waals surface area contributed by atoms with Gasteiger partial charge in [0.15, 0.2) is 0 Å². The number of Topliss-reactive ketones (excluding diaryl/α,β-unsaturated/α-hetero) is 1. The number of hydrogen-bond acceptors (Lipinski definition) is 5. The fourth-order valence-corrected chi connectivity index (χ4v) is 3.98. The molecule has 0 unspecified atom stereocenters. The average Bonchev–Trinajstić information content (AvgIpc) is 2.69. The Morgan fingerprint density at radius 1 is 1.11 bits per heavy atom. The van der Waals surface area contributed by atoms with Gasteiger partial charge in [-0.15, -0.1) is 10.1 Å². The van der Waals surface area contributed by atoms with Crippen molar-refractivity contribution in [3.8, 4) is 0 Å². The lowest BCUT2D eigenvalue weighted by atomic mass is 9.63. The summed E-state index contributed by atoms with van der Waals surface area (Å²) in [4.78, 5) is 30.2. The van der Waals surface area contributed by atoms with Crippen LogP contribution in [0.1, 0.15) is 31.4 Å². The number of rotatable bonds is 11. The van der Waals surface area contributed by atoms with Crippen LogP contribution in [-0.2, 0) is 15.0 Å². The molecule has 6 heteroatoms. The van der Waals surface area contributed by atoms with Gasteiger partial charge in [-0.1, -0.05) is 74.5 Å². The van der Waals surface area contributed by atoms with Crippen LogP contribution in [0.5, 0.6) is 0 Å². The van der Waals surface area contributed by atoms with Crippen LogP contribution in [-0.4, -0.2) is 42.5 Å². The van der Waals surface area contributed by atoms with Crippen LogP contribution >= 0.6 is 0 Å². The molecule has 0 aromatic heterocycles. The van der Waals surface area contributed by atoms with E-state index in [0.29, 0.717) is 19.5 Å². The largest absolute Gasteiger partial charge is 0.313 e. The van der Waals surface area contributed by atoms with Crippen molar-refractivity contribution in [3.63, 3.8) is 0 Å². The lowest BCUT2D eigenvalue weighted by Gasteiger charge is -2.40. The summed E-state index contributed by atoms with van der Waals surface area (Å²) < 4.78 is 0. The highest BCUT2D eigenvalue weighted by Crippen LogP contribution is 2.41. The Labute approximate surface area is 166 Å². The van der Waals surface area contributed by atoms with Gasteiger partial charge in [0.25, 0.3) is 5.09 Å². The fourth-order valence-electron chi connectivity index (χ4n) is 3.98. The van der Waals surface area contributed by atoms with E-state index in [0.717, 1.165) is 11.1 Å². The molecule has 0 bridgehead atoms. The Hall–Kier alpha value is -2.73. The Kier molecular flexibility index (Phi) is 7.70. The predicted octanol–water partition coefficient (Wildman–Crippen LogP) is 3.73. The summed E-state index contributed by atoms with van der Waals surface area (Å²) in [5, 5.41) is 9.60. The molecule has 0 aliphatic heterocycles. The van der Waals surface area contributed by atoms with E-state index in [1.807, 2.05) is 79.5 Å². The molecule has 0 saturated carbocycles. The van der Waals surface area contributed by atoms with E-state index in [1.165, 1.54) is 0 Å². The Balaban J connectivity index is 2.42. The molecule has 2 aromatic rings. The van der Waals surface area contributed by atoms with E-state index >= 15 is 0 Å². The van der Waals surface area contributed by atoms with Crippen LogP contribution in [0.15, 0.2) is 60.7 Å². The van der Waals surface area contributed by atoms with Gasteiger partial charge in [-0.05, 0) is 24.1 Å². The van der Waals surface area contributed by atoms with Gasteiger partial charge in [0.05, 0.1) is 5.41 Å². The first kappa shape index (κ1) is 21.6. The second-order valence-electron chi connectivity index (χ2n) is 7.04. The number of likely N-dealkylation sites (N-methyl/N-ethyl adjacent to an activating group) is 1. The number of ketones is 1. The third-order valence-corrected chi connectivity index (χ3v) is 5.21. The minimum Gasteiger partial charge on any atom is -0.313 e. The molecule has 0 aliphatic carbocycles. The maximum absolute atomic E-state index is 13.4. The average molecular weight is 384 g/mol. The maximum atomic E-state index is 13.4.